The summed E-state index contributed by atoms with van der Waals surface area (Å²) in [5.41, 5.74) is 10.6. The molecule has 14 heavy (non-hydrogen) atoms. The van der Waals surface area contributed by atoms with Crippen molar-refractivity contribution in [1.29, 1.82) is 0 Å². The first kappa shape index (κ1) is 10.8. The maximum Gasteiger partial charge on any atom is 0.265 e. The molecule has 0 saturated heterocycles. The number of alkyl halides is 2. The molecule has 0 aliphatic heterocycles. The zero-order chi connectivity index (χ0) is 10.7. The lowest BCUT2D eigenvalue weighted by Crippen LogP contribution is -2.09. The van der Waals surface area contributed by atoms with Crippen LogP contribution < -0.4 is 11.5 Å². The summed E-state index contributed by atoms with van der Waals surface area (Å²) in [6, 6.07) is 1.13. The highest BCUT2D eigenvalue weighted by Crippen LogP contribution is 2.24. The van der Waals surface area contributed by atoms with E-state index < -0.39 is 13.0 Å². The Morgan fingerprint density at radius 1 is 1.50 bits per heavy atom. The number of rotatable bonds is 3. The van der Waals surface area contributed by atoms with Gasteiger partial charge in [0.1, 0.15) is 5.82 Å². The molecule has 0 radical (unpaired) electrons. The van der Waals surface area contributed by atoms with Crippen LogP contribution in [0.5, 0.6) is 0 Å². The van der Waals surface area contributed by atoms with Gasteiger partial charge in [-0.15, -0.1) is 0 Å². The predicted molar refractivity (Wildman–Crippen MR) is 47.4 cm³/mol. The second kappa shape index (κ2) is 4.30. The number of aliphatic hydroxyl groups is 1. The van der Waals surface area contributed by atoms with Crippen LogP contribution in [0, 0.1) is 0 Å². The molecular weight excluding hydrogens is 192 g/mol. The van der Waals surface area contributed by atoms with Gasteiger partial charge in [-0.25, -0.2) is 13.8 Å². The lowest BCUT2D eigenvalue weighted by atomic mass is 10.1. The van der Waals surface area contributed by atoms with E-state index in [1.165, 1.54) is 0 Å². The predicted octanol–water partition coefficient (Wildman–Crippen LogP) is 0.552. The largest absolute Gasteiger partial charge is 0.392 e. The molecule has 1 rings (SSSR count). The quantitative estimate of drug-likeness (QED) is 0.669. The normalized spacial score (nSPS) is 10.9. The molecule has 0 saturated carbocycles. The van der Waals surface area contributed by atoms with Gasteiger partial charge in [0.05, 0.1) is 12.3 Å². The van der Waals surface area contributed by atoms with Gasteiger partial charge in [0.2, 0.25) is 0 Å². The van der Waals surface area contributed by atoms with Crippen LogP contribution in [-0.4, -0.2) is 10.1 Å². The summed E-state index contributed by atoms with van der Waals surface area (Å²) in [6.07, 6.45) is -2.66. The molecule has 1 heterocycles. The van der Waals surface area contributed by atoms with Crippen LogP contribution >= 0.6 is 0 Å². The lowest BCUT2D eigenvalue weighted by Gasteiger charge is -2.09. The number of hydrogen-bond donors (Lipinski definition) is 3. The molecule has 5 N–H and O–H groups in total. The summed E-state index contributed by atoms with van der Waals surface area (Å²) in [5.74, 6) is 0.0392. The summed E-state index contributed by atoms with van der Waals surface area (Å²) in [5, 5.41) is 8.79. The average molecular weight is 203 g/mol. The Morgan fingerprint density at radius 3 is 2.57 bits per heavy atom. The summed E-state index contributed by atoms with van der Waals surface area (Å²) >= 11 is 0. The van der Waals surface area contributed by atoms with E-state index in [9.17, 15) is 8.78 Å². The number of nitrogens with zero attached hydrogens (tertiary/aromatic N) is 1. The van der Waals surface area contributed by atoms with Gasteiger partial charge >= 0.3 is 0 Å². The fourth-order valence-electron chi connectivity index (χ4n) is 1.11. The Kier molecular flexibility index (Phi) is 3.32. The Morgan fingerprint density at radius 2 is 2.14 bits per heavy atom. The number of aliphatic hydroxyl groups excluding tert-OH is 1. The molecule has 0 unspecified atom stereocenters. The molecule has 0 atom stereocenters. The maximum absolute atomic E-state index is 12.4. The minimum atomic E-state index is -2.66. The number of pyridine rings is 1. The van der Waals surface area contributed by atoms with Crippen molar-refractivity contribution in [2.75, 3.05) is 5.73 Å². The van der Waals surface area contributed by atoms with E-state index in [4.69, 9.17) is 16.6 Å². The van der Waals surface area contributed by atoms with Crippen LogP contribution in [0.25, 0.3) is 0 Å². The fourth-order valence-corrected chi connectivity index (χ4v) is 1.11. The average Bonchev–Trinajstić information content (AvgIpc) is 2.16. The first-order valence-corrected chi connectivity index (χ1v) is 3.97. The van der Waals surface area contributed by atoms with Crippen molar-refractivity contribution in [2.24, 2.45) is 5.73 Å². The topological polar surface area (TPSA) is 85.2 Å². The molecule has 0 spiro atoms. The Labute approximate surface area is 79.6 Å². The second-order valence-corrected chi connectivity index (χ2v) is 2.73. The smallest absolute Gasteiger partial charge is 0.265 e. The van der Waals surface area contributed by atoms with Gasteiger partial charge in [0, 0.05) is 17.7 Å². The highest BCUT2D eigenvalue weighted by atomic mass is 19.3. The highest BCUT2D eigenvalue weighted by molar-refractivity contribution is 5.43. The van der Waals surface area contributed by atoms with Crippen molar-refractivity contribution in [1.82, 2.24) is 4.98 Å². The number of hydrogen-bond acceptors (Lipinski definition) is 4. The number of nitrogen functional groups attached to an aromatic ring is 1. The Hall–Kier alpha value is -1.27. The van der Waals surface area contributed by atoms with Crippen LogP contribution in [-0.2, 0) is 13.2 Å². The van der Waals surface area contributed by atoms with Crippen LogP contribution in [0.2, 0.25) is 0 Å². The first-order valence-electron chi connectivity index (χ1n) is 3.97. The number of halogens is 2. The molecule has 1 aromatic heterocycles. The molecule has 0 bridgehead atoms. The standard InChI is InChI=1S/C8H11F2N3O/c9-7(10)5-1-4(3-14)8(12)13-6(5)2-11/h1,7,14H,2-3,11H2,(H2,12,13). The Bertz CT molecular complexity index is 331. The zero-order valence-corrected chi connectivity index (χ0v) is 7.37. The highest BCUT2D eigenvalue weighted by Gasteiger charge is 2.15. The van der Waals surface area contributed by atoms with Gasteiger partial charge < -0.3 is 16.6 Å². The van der Waals surface area contributed by atoms with Gasteiger partial charge in [-0.1, -0.05) is 0 Å². The molecule has 78 valence electrons. The van der Waals surface area contributed by atoms with Gasteiger partial charge in [-0.3, -0.25) is 0 Å². The van der Waals surface area contributed by atoms with Gasteiger partial charge in [0.25, 0.3) is 6.43 Å². The van der Waals surface area contributed by atoms with Crippen molar-refractivity contribution in [3.8, 4) is 0 Å². The third-order valence-electron chi connectivity index (χ3n) is 1.85. The van der Waals surface area contributed by atoms with E-state index >= 15 is 0 Å². The van der Waals surface area contributed by atoms with Crippen molar-refractivity contribution >= 4 is 5.82 Å². The van der Waals surface area contributed by atoms with E-state index in [2.05, 4.69) is 4.98 Å². The van der Waals surface area contributed by atoms with E-state index in [1.807, 2.05) is 0 Å². The summed E-state index contributed by atoms with van der Waals surface area (Å²) < 4.78 is 24.9. The maximum atomic E-state index is 12.4. The fraction of sp³-hybridized carbons (Fsp3) is 0.375. The number of nitrogens with two attached hydrogens (primary N) is 2. The van der Waals surface area contributed by atoms with E-state index in [1.54, 1.807) is 0 Å². The van der Waals surface area contributed by atoms with Crippen molar-refractivity contribution < 1.29 is 13.9 Å². The van der Waals surface area contributed by atoms with E-state index in [-0.39, 0.29) is 29.2 Å². The van der Waals surface area contributed by atoms with Crippen LogP contribution in [0.3, 0.4) is 0 Å². The molecule has 0 aromatic carbocycles. The van der Waals surface area contributed by atoms with Crippen LogP contribution in [0.4, 0.5) is 14.6 Å². The van der Waals surface area contributed by atoms with Crippen molar-refractivity contribution in [2.45, 2.75) is 19.6 Å². The van der Waals surface area contributed by atoms with Crippen molar-refractivity contribution in [3.05, 3.63) is 22.9 Å². The molecule has 0 aliphatic carbocycles. The summed E-state index contributed by atoms with van der Waals surface area (Å²) in [4.78, 5) is 3.70. The van der Waals surface area contributed by atoms with Gasteiger partial charge in [-0.05, 0) is 6.07 Å². The van der Waals surface area contributed by atoms with Gasteiger partial charge in [-0.2, -0.15) is 0 Å². The summed E-state index contributed by atoms with van der Waals surface area (Å²) in [7, 11) is 0. The van der Waals surface area contributed by atoms with Crippen molar-refractivity contribution in [3.63, 3.8) is 0 Å². The molecular formula is C8H11F2N3O. The van der Waals surface area contributed by atoms with E-state index in [0.717, 1.165) is 6.07 Å². The second-order valence-electron chi connectivity index (χ2n) is 2.73. The minimum absolute atomic E-state index is 0.0392. The third kappa shape index (κ3) is 1.97. The number of anilines is 1. The molecule has 4 nitrogen and oxygen atoms in total. The molecule has 0 amide bonds. The third-order valence-corrected chi connectivity index (χ3v) is 1.85. The number of aromatic nitrogens is 1. The van der Waals surface area contributed by atoms with Crippen LogP contribution in [0.1, 0.15) is 23.2 Å². The zero-order valence-electron chi connectivity index (χ0n) is 7.37. The SMILES string of the molecule is NCc1nc(N)c(CO)cc1C(F)F. The monoisotopic (exact) mass is 203 g/mol. The molecule has 0 aliphatic rings. The lowest BCUT2D eigenvalue weighted by molar-refractivity contribution is 0.149. The molecule has 0 fully saturated rings. The first-order chi connectivity index (χ1) is 6.60. The minimum Gasteiger partial charge on any atom is -0.392 e. The molecule has 1 aromatic rings. The summed E-state index contributed by atoms with van der Waals surface area (Å²) in [6.45, 7) is -0.515. The van der Waals surface area contributed by atoms with Crippen LogP contribution in [0.15, 0.2) is 6.07 Å². The van der Waals surface area contributed by atoms with E-state index in [0.29, 0.717) is 0 Å². The van der Waals surface area contributed by atoms with Gasteiger partial charge in [0.15, 0.2) is 0 Å². The molecule has 6 heteroatoms. The Balaban J connectivity index is 3.25.